The van der Waals surface area contributed by atoms with Gasteiger partial charge in [-0.05, 0) is 42.8 Å². The van der Waals surface area contributed by atoms with E-state index >= 15 is 0 Å². The zero-order valence-corrected chi connectivity index (χ0v) is 16.4. The van der Waals surface area contributed by atoms with Crippen molar-refractivity contribution < 1.29 is 9.59 Å². The van der Waals surface area contributed by atoms with Crippen molar-refractivity contribution in [2.24, 2.45) is 5.73 Å². The van der Waals surface area contributed by atoms with E-state index in [9.17, 15) is 14.4 Å². The Balaban J connectivity index is 0.00000300. The van der Waals surface area contributed by atoms with Gasteiger partial charge in [0.25, 0.3) is 5.56 Å². The van der Waals surface area contributed by atoms with Crippen LogP contribution in [0.15, 0.2) is 53.5 Å². The number of hydrogen-bond donors (Lipinski definition) is 2. The molecule has 8 heteroatoms. The molecule has 2 amide bonds. The quantitative estimate of drug-likeness (QED) is 0.631. The molecule has 29 heavy (non-hydrogen) atoms. The average Bonchev–Trinajstić information content (AvgIpc) is 2.65. The number of nitrogens with one attached hydrogen (secondary N) is 1. The van der Waals surface area contributed by atoms with Crippen LogP contribution in [0.25, 0.3) is 10.8 Å². The summed E-state index contributed by atoms with van der Waals surface area (Å²) in [5, 5.41) is 4.56. The molecule has 2 aromatic carbocycles. The zero-order valence-electron chi connectivity index (χ0n) is 14.9. The minimum atomic E-state index is -0.773. The number of nitrogens with zero attached hydrogens (tertiary/aromatic N) is 1. The Labute approximate surface area is 178 Å². The Kier molecular flexibility index (Phi) is 7.06. The largest absolute Gasteiger partial charge is 0.368 e. The third-order valence-electron chi connectivity index (χ3n) is 4.42. The molecule has 0 bridgehead atoms. The van der Waals surface area contributed by atoms with Crippen molar-refractivity contribution in [2.45, 2.75) is 26.8 Å². The first-order chi connectivity index (χ1) is 13.3. The van der Waals surface area contributed by atoms with Crippen molar-refractivity contribution in [3.63, 3.8) is 0 Å². The minimum absolute atomic E-state index is 0. The lowest BCUT2D eigenvalue weighted by Crippen LogP contribution is -2.31. The number of carbonyl (C=O) groups excluding carboxylic acids is 2. The molecule has 0 fully saturated rings. The van der Waals surface area contributed by atoms with E-state index in [0.717, 1.165) is 0 Å². The Hall–Kier alpha value is -2.83. The highest BCUT2D eigenvalue weighted by atomic mass is 35.5. The third-order valence-corrected chi connectivity index (χ3v) is 5.16. The Bertz CT molecular complexity index is 1140. The molecule has 0 aliphatic rings. The van der Waals surface area contributed by atoms with Crippen molar-refractivity contribution in [3.05, 3.63) is 74.6 Å². The van der Waals surface area contributed by atoms with Gasteiger partial charge in [-0.1, -0.05) is 42.8 Å². The number of primary amides is 1. The number of amides is 2. The molecule has 1 heterocycles. The van der Waals surface area contributed by atoms with Crippen LogP contribution in [0.5, 0.6) is 0 Å². The second kappa shape index (κ2) is 9.11. The first-order valence-corrected chi connectivity index (χ1v) is 9.20. The average molecular weight is 434 g/mol. The van der Waals surface area contributed by atoms with Gasteiger partial charge in [0.15, 0.2) is 0 Å². The fourth-order valence-electron chi connectivity index (χ4n) is 2.87. The van der Waals surface area contributed by atoms with E-state index in [1.165, 1.54) is 10.8 Å². The Morgan fingerprint density at radius 3 is 2.48 bits per heavy atom. The van der Waals surface area contributed by atoms with E-state index in [2.05, 4.69) is 5.32 Å². The smallest absolute Gasteiger partial charge is 0.259 e. The van der Waals surface area contributed by atoms with Gasteiger partial charge in [-0.25, -0.2) is 0 Å². The third kappa shape index (κ3) is 4.78. The van der Waals surface area contributed by atoms with Gasteiger partial charge in [0.1, 0.15) is 6.04 Å². The summed E-state index contributed by atoms with van der Waals surface area (Å²) in [4.78, 5) is 36.5. The maximum absolute atomic E-state index is 12.7. The first kappa shape index (κ1) is 22.5. The molecule has 3 rings (SSSR count). The standard InChI is InChI=1S/C20H17Cl2N3O3.CH4/c1-11(19(23)27)25-8-7-13-14(20(25)28)3-2-4-17(13)24-18(26)10-12-5-6-15(21)16(22)9-12;/h2-9,11H,10H2,1H3,(H2,23,27)(H,24,26);1H4/t11-;/m1./s1. The van der Waals surface area contributed by atoms with Gasteiger partial charge in [-0.3, -0.25) is 14.4 Å². The molecule has 152 valence electrons. The maximum Gasteiger partial charge on any atom is 0.259 e. The monoisotopic (exact) mass is 433 g/mol. The normalized spacial score (nSPS) is 11.6. The highest BCUT2D eigenvalue weighted by molar-refractivity contribution is 6.42. The molecule has 0 saturated heterocycles. The summed E-state index contributed by atoms with van der Waals surface area (Å²) in [5.41, 5.74) is 6.15. The molecular formula is C21H21Cl2N3O3. The fourth-order valence-corrected chi connectivity index (χ4v) is 3.19. The predicted molar refractivity (Wildman–Crippen MR) is 118 cm³/mol. The molecule has 1 aromatic heterocycles. The highest BCUT2D eigenvalue weighted by Gasteiger charge is 2.15. The van der Waals surface area contributed by atoms with Gasteiger partial charge in [0.2, 0.25) is 11.8 Å². The molecule has 1 atom stereocenters. The number of benzene rings is 2. The highest BCUT2D eigenvalue weighted by Crippen LogP contribution is 2.24. The lowest BCUT2D eigenvalue weighted by atomic mass is 10.1. The number of rotatable bonds is 5. The molecule has 3 N–H and O–H groups in total. The number of anilines is 1. The molecule has 0 spiro atoms. The van der Waals surface area contributed by atoms with E-state index < -0.39 is 11.9 Å². The number of fused-ring (bicyclic) bond motifs is 1. The van der Waals surface area contributed by atoms with Crippen molar-refractivity contribution in [2.75, 3.05) is 5.32 Å². The van der Waals surface area contributed by atoms with Crippen molar-refractivity contribution in [3.8, 4) is 0 Å². The van der Waals surface area contributed by atoms with Crippen LogP contribution in [0.1, 0.15) is 26.0 Å². The van der Waals surface area contributed by atoms with Crippen molar-refractivity contribution in [1.29, 1.82) is 0 Å². The molecule has 6 nitrogen and oxygen atoms in total. The maximum atomic E-state index is 12.7. The summed E-state index contributed by atoms with van der Waals surface area (Å²) in [5.74, 6) is -0.867. The Morgan fingerprint density at radius 2 is 1.83 bits per heavy atom. The molecule has 0 radical (unpaired) electrons. The van der Waals surface area contributed by atoms with Gasteiger partial charge in [0.05, 0.1) is 16.5 Å². The van der Waals surface area contributed by atoms with Crippen molar-refractivity contribution >= 4 is 51.5 Å². The first-order valence-electron chi connectivity index (χ1n) is 8.45. The number of hydrogen-bond acceptors (Lipinski definition) is 3. The predicted octanol–water partition coefficient (Wildman–Crippen LogP) is 4.17. The summed E-state index contributed by atoms with van der Waals surface area (Å²) in [6.07, 6.45) is 1.60. The number of aromatic nitrogens is 1. The minimum Gasteiger partial charge on any atom is -0.368 e. The summed E-state index contributed by atoms with van der Waals surface area (Å²) in [6.45, 7) is 1.55. The van der Waals surface area contributed by atoms with E-state index in [1.54, 1.807) is 49.4 Å². The van der Waals surface area contributed by atoms with Crippen LogP contribution in [-0.2, 0) is 16.0 Å². The topological polar surface area (TPSA) is 94.2 Å². The molecule has 0 aliphatic carbocycles. The van der Waals surface area contributed by atoms with Gasteiger partial charge < -0.3 is 15.6 Å². The number of nitrogens with two attached hydrogens (primary N) is 1. The van der Waals surface area contributed by atoms with E-state index in [0.29, 0.717) is 32.1 Å². The van der Waals surface area contributed by atoms with Crippen LogP contribution in [0.3, 0.4) is 0 Å². The summed E-state index contributed by atoms with van der Waals surface area (Å²) in [6, 6.07) is 10.9. The lowest BCUT2D eigenvalue weighted by molar-refractivity contribution is -0.120. The number of halogens is 2. The van der Waals surface area contributed by atoms with Crippen LogP contribution < -0.4 is 16.6 Å². The molecule has 0 aliphatic heterocycles. The molecule has 0 saturated carbocycles. The molecule has 3 aromatic rings. The fraction of sp³-hybridized carbons (Fsp3) is 0.190. The van der Waals surface area contributed by atoms with Gasteiger partial charge in [-0.2, -0.15) is 0 Å². The number of carbonyl (C=O) groups is 2. The zero-order chi connectivity index (χ0) is 20.4. The van der Waals surface area contributed by atoms with E-state index in [4.69, 9.17) is 28.9 Å². The molecular weight excluding hydrogens is 413 g/mol. The second-order valence-electron chi connectivity index (χ2n) is 6.35. The molecule has 0 unspecified atom stereocenters. The summed E-state index contributed by atoms with van der Waals surface area (Å²) >= 11 is 11.9. The lowest BCUT2D eigenvalue weighted by Gasteiger charge is -2.14. The van der Waals surface area contributed by atoms with Crippen LogP contribution >= 0.6 is 23.2 Å². The SMILES string of the molecule is C.C[C@H](C(N)=O)n1ccc2c(NC(=O)Cc3ccc(Cl)c(Cl)c3)cccc2c1=O. The van der Waals surface area contributed by atoms with Crippen LogP contribution in [-0.4, -0.2) is 16.4 Å². The van der Waals surface area contributed by atoms with Crippen LogP contribution in [0, 0.1) is 0 Å². The van der Waals surface area contributed by atoms with E-state index in [1.807, 2.05) is 0 Å². The van der Waals surface area contributed by atoms with E-state index in [-0.39, 0.29) is 25.3 Å². The second-order valence-corrected chi connectivity index (χ2v) is 7.16. The van der Waals surface area contributed by atoms with Crippen LogP contribution in [0.4, 0.5) is 5.69 Å². The van der Waals surface area contributed by atoms with Gasteiger partial charge >= 0.3 is 0 Å². The summed E-state index contributed by atoms with van der Waals surface area (Å²) in [7, 11) is 0. The van der Waals surface area contributed by atoms with Crippen molar-refractivity contribution in [1.82, 2.24) is 4.57 Å². The van der Waals surface area contributed by atoms with Gasteiger partial charge in [0, 0.05) is 22.7 Å². The summed E-state index contributed by atoms with van der Waals surface area (Å²) < 4.78 is 1.27. The van der Waals surface area contributed by atoms with Gasteiger partial charge in [-0.15, -0.1) is 0 Å². The Morgan fingerprint density at radius 1 is 1.10 bits per heavy atom. The van der Waals surface area contributed by atoms with Crippen LogP contribution in [0.2, 0.25) is 10.0 Å². The number of pyridine rings is 1.